The lowest BCUT2D eigenvalue weighted by atomic mass is 9.87. The van der Waals surface area contributed by atoms with E-state index in [4.69, 9.17) is 4.98 Å². The molecule has 5 heteroatoms. The summed E-state index contributed by atoms with van der Waals surface area (Å²) in [7, 11) is 0. The maximum absolute atomic E-state index is 11.9. The van der Waals surface area contributed by atoms with Gasteiger partial charge in [0.15, 0.2) is 11.5 Å². The quantitative estimate of drug-likeness (QED) is 0.415. The number of H-pyrrole nitrogens is 1. The number of aryl methyl sites for hydroxylation is 2. The fourth-order valence-electron chi connectivity index (χ4n) is 3.82. The van der Waals surface area contributed by atoms with Gasteiger partial charge in [0.25, 0.3) is 5.56 Å². The number of unbranched alkanes of at least 4 members (excludes halogenated alkanes) is 2. The van der Waals surface area contributed by atoms with Crippen molar-refractivity contribution in [1.29, 1.82) is 0 Å². The molecule has 4 aromatic rings. The highest BCUT2D eigenvalue weighted by Gasteiger charge is 2.15. The molecule has 0 spiro atoms. The number of aromatic amines is 1. The summed E-state index contributed by atoms with van der Waals surface area (Å²) >= 11 is 0. The third kappa shape index (κ3) is 5.10. The van der Waals surface area contributed by atoms with Gasteiger partial charge >= 0.3 is 0 Å². The van der Waals surface area contributed by atoms with Crippen molar-refractivity contribution in [2.45, 2.75) is 58.3 Å². The molecule has 2 aromatic carbocycles. The number of hydrogen-bond acceptors (Lipinski definition) is 3. The van der Waals surface area contributed by atoms with E-state index in [9.17, 15) is 4.79 Å². The van der Waals surface area contributed by atoms with E-state index < -0.39 is 0 Å². The normalized spacial score (nSPS) is 11.8. The van der Waals surface area contributed by atoms with E-state index >= 15 is 0 Å². The molecular weight excluding hydrogens is 384 g/mol. The minimum Gasteiger partial charge on any atom is -0.268 e. The van der Waals surface area contributed by atoms with Gasteiger partial charge in [0.05, 0.1) is 0 Å². The number of fused-ring (bicyclic) bond motifs is 1. The lowest BCUT2D eigenvalue weighted by Gasteiger charge is -2.19. The molecule has 0 fully saturated rings. The zero-order valence-corrected chi connectivity index (χ0v) is 18.6. The van der Waals surface area contributed by atoms with Crippen LogP contribution >= 0.6 is 0 Å². The molecular formula is C26H30N4O. The van der Waals surface area contributed by atoms with Gasteiger partial charge in [-0.2, -0.15) is 0 Å². The zero-order valence-electron chi connectivity index (χ0n) is 18.6. The van der Waals surface area contributed by atoms with Crippen LogP contribution in [-0.2, 0) is 18.3 Å². The van der Waals surface area contributed by atoms with E-state index in [1.165, 1.54) is 17.2 Å². The van der Waals surface area contributed by atoms with Crippen molar-refractivity contribution < 1.29 is 0 Å². The van der Waals surface area contributed by atoms with Gasteiger partial charge in [0.2, 0.25) is 0 Å². The molecule has 0 aliphatic rings. The Morgan fingerprint density at radius 3 is 2.29 bits per heavy atom. The molecule has 0 atom stereocenters. The molecule has 0 saturated heterocycles. The van der Waals surface area contributed by atoms with Gasteiger partial charge in [0, 0.05) is 18.1 Å². The van der Waals surface area contributed by atoms with E-state index in [0.717, 1.165) is 43.5 Å². The SMILES string of the molecule is CC(C)(C)c1ccc(-c2nc(CCCCCc3ccccc3)n3[nH]c(=O)cc3n2)cc1. The van der Waals surface area contributed by atoms with Gasteiger partial charge in [0.1, 0.15) is 5.82 Å². The Kier molecular flexibility index (Phi) is 6.03. The molecule has 4 rings (SSSR count). The third-order valence-electron chi connectivity index (χ3n) is 5.64. The maximum Gasteiger partial charge on any atom is 0.266 e. The molecule has 0 saturated carbocycles. The Balaban J connectivity index is 1.50. The topological polar surface area (TPSA) is 63.1 Å². The highest BCUT2D eigenvalue weighted by molar-refractivity contribution is 5.58. The fraction of sp³-hybridized carbons (Fsp3) is 0.346. The predicted octanol–water partition coefficient (Wildman–Crippen LogP) is 5.34. The second kappa shape index (κ2) is 8.88. The first-order valence-corrected chi connectivity index (χ1v) is 11.0. The second-order valence-corrected chi connectivity index (χ2v) is 9.15. The van der Waals surface area contributed by atoms with E-state index in [0.29, 0.717) is 11.5 Å². The number of nitrogens with one attached hydrogen (secondary N) is 1. The highest BCUT2D eigenvalue weighted by Crippen LogP contribution is 2.25. The number of hydrogen-bond donors (Lipinski definition) is 1. The standard InChI is InChI=1S/C26H30N4O/c1-26(2,3)21-16-14-20(15-17-21)25-27-22(30-23(28-25)18-24(31)29-30)13-9-5-8-12-19-10-6-4-7-11-19/h4,6-7,10-11,14-18H,5,8-9,12-13H2,1-3H3,(H,29,31). The molecule has 0 unspecified atom stereocenters. The lowest BCUT2D eigenvalue weighted by Crippen LogP contribution is -2.11. The van der Waals surface area contributed by atoms with Crippen molar-refractivity contribution in [2.24, 2.45) is 0 Å². The summed E-state index contributed by atoms with van der Waals surface area (Å²) in [4.78, 5) is 21.4. The van der Waals surface area contributed by atoms with E-state index in [1.807, 2.05) is 0 Å². The maximum atomic E-state index is 11.9. The first-order chi connectivity index (χ1) is 14.9. The van der Waals surface area contributed by atoms with Crippen LogP contribution in [-0.4, -0.2) is 19.6 Å². The van der Waals surface area contributed by atoms with Crippen LogP contribution < -0.4 is 5.56 Å². The summed E-state index contributed by atoms with van der Waals surface area (Å²) in [5, 5.41) is 2.84. The molecule has 0 amide bonds. The van der Waals surface area contributed by atoms with Crippen molar-refractivity contribution in [3.8, 4) is 11.4 Å². The minimum atomic E-state index is -0.153. The fourth-order valence-corrected chi connectivity index (χ4v) is 3.82. The van der Waals surface area contributed by atoms with Crippen LogP contribution in [0.15, 0.2) is 65.5 Å². The lowest BCUT2D eigenvalue weighted by molar-refractivity contribution is 0.590. The smallest absolute Gasteiger partial charge is 0.266 e. The molecule has 0 aliphatic carbocycles. The van der Waals surface area contributed by atoms with Crippen molar-refractivity contribution in [2.75, 3.05) is 0 Å². The minimum absolute atomic E-state index is 0.0994. The summed E-state index contributed by atoms with van der Waals surface area (Å²) < 4.78 is 1.73. The Bertz CT molecular complexity index is 1200. The first kappa shape index (κ1) is 21.0. The number of rotatable bonds is 7. The van der Waals surface area contributed by atoms with Gasteiger partial charge in [-0.25, -0.2) is 14.5 Å². The summed E-state index contributed by atoms with van der Waals surface area (Å²) in [5.74, 6) is 1.51. The van der Waals surface area contributed by atoms with Gasteiger partial charge in [-0.3, -0.25) is 9.89 Å². The van der Waals surface area contributed by atoms with Crippen molar-refractivity contribution >= 4 is 5.65 Å². The average molecular weight is 415 g/mol. The van der Waals surface area contributed by atoms with Crippen molar-refractivity contribution in [3.63, 3.8) is 0 Å². The summed E-state index contributed by atoms with van der Waals surface area (Å²) in [5.41, 5.74) is 4.18. The van der Waals surface area contributed by atoms with E-state index in [-0.39, 0.29) is 11.0 Å². The number of nitrogens with zero attached hydrogens (tertiary/aromatic N) is 3. The molecule has 0 aliphatic heterocycles. The van der Waals surface area contributed by atoms with Crippen LogP contribution in [0.2, 0.25) is 0 Å². The Hall–Kier alpha value is -3.21. The van der Waals surface area contributed by atoms with Crippen LogP contribution in [0.1, 0.15) is 57.0 Å². The van der Waals surface area contributed by atoms with Gasteiger partial charge in [-0.05, 0) is 35.8 Å². The molecule has 0 bridgehead atoms. The van der Waals surface area contributed by atoms with Crippen molar-refractivity contribution in [3.05, 3.63) is 88.0 Å². The van der Waals surface area contributed by atoms with Crippen molar-refractivity contribution in [1.82, 2.24) is 19.6 Å². The van der Waals surface area contributed by atoms with Crippen LogP contribution in [0.25, 0.3) is 17.0 Å². The summed E-state index contributed by atoms with van der Waals surface area (Å²) in [6.45, 7) is 6.60. The van der Waals surface area contributed by atoms with Crippen LogP contribution in [0.3, 0.4) is 0 Å². The monoisotopic (exact) mass is 414 g/mol. The summed E-state index contributed by atoms with van der Waals surface area (Å²) in [6.07, 6.45) is 5.15. The Labute approximate surface area is 183 Å². The zero-order chi connectivity index (χ0) is 21.8. The molecule has 1 N–H and O–H groups in total. The van der Waals surface area contributed by atoms with E-state index in [1.54, 1.807) is 4.52 Å². The highest BCUT2D eigenvalue weighted by atomic mass is 16.1. The van der Waals surface area contributed by atoms with Gasteiger partial charge in [-0.1, -0.05) is 81.8 Å². The van der Waals surface area contributed by atoms with E-state index in [2.05, 4.69) is 85.5 Å². The molecule has 160 valence electrons. The van der Waals surface area contributed by atoms with Gasteiger partial charge < -0.3 is 0 Å². The van der Waals surface area contributed by atoms with Crippen LogP contribution in [0.5, 0.6) is 0 Å². The molecule has 2 aromatic heterocycles. The Morgan fingerprint density at radius 2 is 1.58 bits per heavy atom. The third-order valence-corrected chi connectivity index (χ3v) is 5.64. The molecule has 0 radical (unpaired) electrons. The average Bonchev–Trinajstić information content (AvgIpc) is 3.14. The first-order valence-electron chi connectivity index (χ1n) is 11.0. The largest absolute Gasteiger partial charge is 0.268 e. The van der Waals surface area contributed by atoms with Crippen LogP contribution in [0.4, 0.5) is 0 Å². The predicted molar refractivity (Wildman–Crippen MR) is 125 cm³/mol. The van der Waals surface area contributed by atoms with Gasteiger partial charge in [-0.15, -0.1) is 0 Å². The molecule has 2 heterocycles. The molecule has 31 heavy (non-hydrogen) atoms. The summed E-state index contributed by atoms with van der Waals surface area (Å²) in [6, 6.07) is 20.5. The second-order valence-electron chi connectivity index (χ2n) is 9.15. The van der Waals surface area contributed by atoms with Crippen LogP contribution in [0, 0.1) is 0 Å². The molecule has 5 nitrogen and oxygen atoms in total. The number of benzene rings is 2. The Morgan fingerprint density at radius 1 is 0.871 bits per heavy atom. The number of aromatic nitrogens is 4.